The Bertz CT molecular complexity index is 1240. The Kier molecular flexibility index (Phi) is 4.31. The van der Waals surface area contributed by atoms with E-state index in [0.717, 1.165) is 28.2 Å². The van der Waals surface area contributed by atoms with Crippen molar-refractivity contribution < 1.29 is 15.0 Å². The number of rotatable bonds is 3. The maximum absolute atomic E-state index is 12.2. The highest BCUT2D eigenvalue weighted by Gasteiger charge is 2.45. The summed E-state index contributed by atoms with van der Waals surface area (Å²) in [4.78, 5) is 19.1. The first-order valence-corrected chi connectivity index (χ1v) is 10.2. The van der Waals surface area contributed by atoms with E-state index in [4.69, 9.17) is 4.99 Å². The first kappa shape index (κ1) is 19.3. The second-order valence-corrected chi connectivity index (χ2v) is 8.38. The summed E-state index contributed by atoms with van der Waals surface area (Å²) < 4.78 is 0. The van der Waals surface area contributed by atoms with Gasteiger partial charge in [0.05, 0.1) is 23.1 Å². The third-order valence-corrected chi connectivity index (χ3v) is 6.12. The molecule has 2 aliphatic rings. The van der Waals surface area contributed by atoms with Gasteiger partial charge in [0, 0.05) is 22.2 Å². The molecule has 3 aromatic rings. The normalized spacial score (nSPS) is 19.8. The Morgan fingerprint density at radius 2 is 1.58 bits per heavy atom. The average molecular weight is 410 g/mol. The van der Waals surface area contributed by atoms with Crippen LogP contribution in [0.2, 0.25) is 0 Å². The van der Waals surface area contributed by atoms with Crippen molar-refractivity contribution in [3.05, 3.63) is 101 Å². The SMILES string of the molecule is CC1(C)c2ccc(C(=O)O)c3c2C(=CC1O)N(c1ccccc1)C3=Nc1ccccc1. The predicted octanol–water partition coefficient (Wildman–Crippen LogP) is 4.98. The van der Waals surface area contributed by atoms with Crippen LogP contribution in [0.1, 0.15) is 40.9 Å². The quantitative estimate of drug-likeness (QED) is 0.639. The first-order chi connectivity index (χ1) is 14.9. The zero-order chi connectivity index (χ0) is 21.8. The lowest BCUT2D eigenvalue weighted by Crippen LogP contribution is -2.37. The van der Waals surface area contributed by atoms with Gasteiger partial charge in [0.2, 0.25) is 0 Å². The number of nitrogens with zero attached hydrogens (tertiary/aromatic N) is 2. The zero-order valence-electron chi connectivity index (χ0n) is 17.3. The molecule has 0 fully saturated rings. The third kappa shape index (κ3) is 2.89. The van der Waals surface area contributed by atoms with E-state index in [9.17, 15) is 15.0 Å². The molecule has 1 aliphatic heterocycles. The standard InChI is InChI=1S/C26H22N2O3/c1-26(2)19-14-13-18(25(30)31)22-23(19)20(15-21(26)29)28(17-11-7-4-8-12-17)24(22)27-16-9-5-3-6-10-16/h3-15,21,29H,1-2H3,(H,30,31). The van der Waals surface area contributed by atoms with Gasteiger partial charge in [-0.25, -0.2) is 9.79 Å². The monoisotopic (exact) mass is 410 g/mol. The molecule has 31 heavy (non-hydrogen) atoms. The highest BCUT2D eigenvalue weighted by Crippen LogP contribution is 2.49. The molecule has 0 saturated heterocycles. The minimum Gasteiger partial charge on any atom is -0.478 e. The van der Waals surface area contributed by atoms with E-state index in [1.54, 1.807) is 6.07 Å². The van der Waals surface area contributed by atoms with Crippen molar-refractivity contribution in [3.63, 3.8) is 0 Å². The van der Waals surface area contributed by atoms with Gasteiger partial charge in [0.15, 0.2) is 0 Å². The lowest BCUT2D eigenvalue weighted by molar-refractivity contribution is 0.0696. The molecule has 1 aliphatic carbocycles. The highest BCUT2D eigenvalue weighted by atomic mass is 16.4. The van der Waals surface area contributed by atoms with Gasteiger partial charge >= 0.3 is 5.97 Å². The summed E-state index contributed by atoms with van der Waals surface area (Å²) in [6.07, 6.45) is 1.10. The fraction of sp³-hybridized carbons (Fsp3) is 0.154. The molecule has 0 amide bonds. The predicted molar refractivity (Wildman–Crippen MR) is 122 cm³/mol. The van der Waals surface area contributed by atoms with Gasteiger partial charge in [0.25, 0.3) is 0 Å². The Morgan fingerprint density at radius 1 is 0.935 bits per heavy atom. The molecule has 5 rings (SSSR count). The molecule has 1 atom stereocenters. The van der Waals surface area contributed by atoms with E-state index in [1.807, 2.05) is 91.6 Å². The molecule has 5 nitrogen and oxygen atoms in total. The summed E-state index contributed by atoms with van der Waals surface area (Å²) >= 11 is 0. The number of carboxylic acid groups (broad SMARTS) is 1. The molecule has 1 unspecified atom stereocenters. The van der Waals surface area contributed by atoms with Gasteiger partial charge in [-0.15, -0.1) is 0 Å². The van der Waals surface area contributed by atoms with Gasteiger partial charge in [-0.2, -0.15) is 0 Å². The van der Waals surface area contributed by atoms with Crippen molar-refractivity contribution in [2.45, 2.75) is 25.4 Å². The molecule has 0 spiro atoms. The molecule has 3 aromatic carbocycles. The molecule has 0 aromatic heterocycles. The maximum atomic E-state index is 12.2. The van der Waals surface area contributed by atoms with Crippen LogP contribution in [-0.4, -0.2) is 28.1 Å². The van der Waals surface area contributed by atoms with Gasteiger partial charge in [-0.1, -0.05) is 56.3 Å². The molecular formula is C26H22N2O3. The van der Waals surface area contributed by atoms with Gasteiger partial charge < -0.3 is 10.2 Å². The van der Waals surface area contributed by atoms with Crippen LogP contribution < -0.4 is 4.90 Å². The topological polar surface area (TPSA) is 73.1 Å². The summed E-state index contributed by atoms with van der Waals surface area (Å²) in [5, 5.41) is 21.0. The molecule has 0 bridgehead atoms. The lowest BCUT2D eigenvalue weighted by atomic mass is 9.72. The number of hydrogen-bond donors (Lipinski definition) is 2. The van der Waals surface area contributed by atoms with E-state index >= 15 is 0 Å². The number of carboxylic acids is 1. The summed E-state index contributed by atoms with van der Waals surface area (Å²) in [5.41, 5.74) is 4.31. The van der Waals surface area contributed by atoms with Crippen LogP contribution >= 0.6 is 0 Å². The number of hydrogen-bond acceptors (Lipinski definition) is 3. The van der Waals surface area contributed by atoms with E-state index in [2.05, 4.69) is 0 Å². The highest BCUT2D eigenvalue weighted by molar-refractivity contribution is 6.29. The Hall–Kier alpha value is -3.70. The van der Waals surface area contributed by atoms with Crippen LogP contribution in [0.5, 0.6) is 0 Å². The van der Waals surface area contributed by atoms with Crippen molar-refractivity contribution in [2.24, 2.45) is 4.99 Å². The largest absolute Gasteiger partial charge is 0.478 e. The number of carbonyl (C=O) groups is 1. The summed E-state index contributed by atoms with van der Waals surface area (Å²) in [7, 11) is 0. The number of anilines is 1. The van der Waals surface area contributed by atoms with Crippen LogP contribution in [-0.2, 0) is 5.41 Å². The van der Waals surface area contributed by atoms with E-state index in [0.29, 0.717) is 11.4 Å². The van der Waals surface area contributed by atoms with Crippen LogP contribution in [0.4, 0.5) is 11.4 Å². The number of para-hydroxylation sites is 2. The maximum Gasteiger partial charge on any atom is 0.336 e. The number of amidine groups is 1. The first-order valence-electron chi connectivity index (χ1n) is 10.2. The van der Waals surface area contributed by atoms with Crippen molar-refractivity contribution in [1.29, 1.82) is 0 Å². The number of aliphatic imine (C=N–C) groups is 1. The van der Waals surface area contributed by atoms with Crippen LogP contribution in [0.3, 0.4) is 0 Å². The number of aromatic carboxylic acids is 1. The molecule has 0 saturated carbocycles. The zero-order valence-corrected chi connectivity index (χ0v) is 17.3. The fourth-order valence-electron chi connectivity index (χ4n) is 4.40. The minimum absolute atomic E-state index is 0.199. The molecule has 5 heteroatoms. The van der Waals surface area contributed by atoms with E-state index in [-0.39, 0.29) is 5.56 Å². The Labute approximate surface area is 180 Å². The number of benzene rings is 3. The van der Waals surface area contributed by atoms with Crippen molar-refractivity contribution in [2.75, 3.05) is 4.90 Å². The minimum atomic E-state index is -1.00. The molecule has 0 radical (unpaired) electrons. The van der Waals surface area contributed by atoms with Gasteiger partial charge in [0.1, 0.15) is 5.84 Å². The number of aliphatic hydroxyl groups is 1. The molecular weight excluding hydrogens is 388 g/mol. The van der Waals surface area contributed by atoms with E-state index in [1.165, 1.54) is 0 Å². The molecule has 154 valence electrons. The molecule has 1 heterocycles. The summed E-state index contributed by atoms with van der Waals surface area (Å²) in [6, 6.07) is 22.7. The smallest absolute Gasteiger partial charge is 0.336 e. The third-order valence-electron chi connectivity index (χ3n) is 6.12. The second-order valence-electron chi connectivity index (χ2n) is 8.38. The fourth-order valence-corrected chi connectivity index (χ4v) is 4.40. The van der Waals surface area contributed by atoms with Crippen molar-refractivity contribution in [3.8, 4) is 0 Å². The average Bonchev–Trinajstić information content (AvgIpc) is 3.07. The van der Waals surface area contributed by atoms with Crippen molar-refractivity contribution >= 4 is 28.9 Å². The lowest BCUT2D eigenvalue weighted by Gasteiger charge is -2.36. The summed E-state index contributed by atoms with van der Waals surface area (Å²) in [5.74, 6) is -0.459. The Balaban J connectivity index is 1.89. The van der Waals surface area contributed by atoms with Gasteiger partial charge in [-0.3, -0.25) is 4.90 Å². The summed E-state index contributed by atoms with van der Waals surface area (Å²) in [6.45, 7) is 3.94. The number of aliphatic hydroxyl groups excluding tert-OH is 1. The van der Waals surface area contributed by atoms with Crippen LogP contribution in [0, 0.1) is 0 Å². The van der Waals surface area contributed by atoms with Crippen LogP contribution in [0.25, 0.3) is 5.70 Å². The van der Waals surface area contributed by atoms with Gasteiger partial charge in [-0.05, 0) is 42.0 Å². The Morgan fingerprint density at radius 3 is 2.23 bits per heavy atom. The molecule has 2 N–H and O–H groups in total. The van der Waals surface area contributed by atoms with Crippen molar-refractivity contribution in [1.82, 2.24) is 0 Å². The van der Waals surface area contributed by atoms with Crippen LogP contribution in [0.15, 0.2) is 83.9 Å². The second kappa shape index (κ2) is 6.93. The van der Waals surface area contributed by atoms with E-state index < -0.39 is 17.5 Å².